The molecule has 0 spiro atoms. The number of carbonyl (C=O) groups is 1. The fraction of sp³-hybridized carbons (Fsp3) is 0.227. The number of hydrogen-bond acceptors (Lipinski definition) is 3. The third-order valence-corrected chi connectivity index (χ3v) is 6.09. The highest BCUT2D eigenvalue weighted by molar-refractivity contribution is 8.16. The molecule has 1 amide bonds. The molecule has 3 heterocycles. The molecule has 2 aromatic rings. The molecule has 0 unspecified atom stereocenters. The van der Waals surface area contributed by atoms with E-state index in [1.807, 2.05) is 19.3 Å². The van der Waals surface area contributed by atoms with Crippen LogP contribution in [0.3, 0.4) is 0 Å². The molecule has 2 aliphatic heterocycles. The van der Waals surface area contributed by atoms with Gasteiger partial charge in [0.15, 0.2) is 5.17 Å². The quantitative estimate of drug-likeness (QED) is 0.744. The normalized spacial score (nSPS) is 17.9. The van der Waals surface area contributed by atoms with E-state index in [1.54, 1.807) is 11.0 Å². The lowest BCUT2D eigenvalue weighted by atomic mass is 10.1. The summed E-state index contributed by atoms with van der Waals surface area (Å²) in [5.74, 6) is -0.173. The molecule has 0 atom stereocenters. The molecule has 0 fully saturated rings. The zero-order valence-electron chi connectivity index (χ0n) is 16.6. The number of aliphatic imine (C=N–C) groups is 1. The lowest BCUT2D eigenvalue weighted by molar-refractivity contribution is -0.114. The van der Waals surface area contributed by atoms with E-state index in [-0.39, 0.29) is 11.7 Å². The van der Waals surface area contributed by atoms with Gasteiger partial charge in [-0.3, -0.25) is 15.1 Å². The smallest absolute Gasteiger partial charge is 0.283 e. The van der Waals surface area contributed by atoms with Crippen LogP contribution in [0.4, 0.5) is 0 Å². The summed E-state index contributed by atoms with van der Waals surface area (Å²) in [6.07, 6.45) is 1.80. The first-order valence-electron chi connectivity index (χ1n) is 9.11. The number of aryl methyl sites for hydroxylation is 3. The third kappa shape index (κ3) is 2.85. The van der Waals surface area contributed by atoms with E-state index < -0.39 is 0 Å². The second kappa shape index (κ2) is 6.63. The van der Waals surface area contributed by atoms with Gasteiger partial charge in [0.25, 0.3) is 5.91 Å². The fourth-order valence-corrected chi connectivity index (χ4v) is 4.62. The van der Waals surface area contributed by atoms with E-state index in [2.05, 4.69) is 54.6 Å². The Hall–Kier alpha value is -2.86. The number of hydrogen-bond donors (Lipinski definition) is 1. The topological polar surface area (TPSA) is 61.5 Å². The van der Waals surface area contributed by atoms with E-state index in [9.17, 15) is 4.79 Å². The van der Waals surface area contributed by atoms with Gasteiger partial charge in [-0.2, -0.15) is 4.99 Å². The van der Waals surface area contributed by atoms with Crippen molar-refractivity contribution in [3.63, 3.8) is 0 Å². The molecular formula is C22H22N4OS. The third-order valence-electron chi connectivity index (χ3n) is 5.15. The summed E-state index contributed by atoms with van der Waals surface area (Å²) in [5.41, 5.74) is 7.84. The maximum absolute atomic E-state index is 12.6. The van der Waals surface area contributed by atoms with Gasteiger partial charge in [0.05, 0.1) is 5.57 Å². The van der Waals surface area contributed by atoms with E-state index in [0.29, 0.717) is 10.7 Å². The number of rotatable bonds is 2. The Balaban J connectivity index is 1.80. The molecule has 1 N–H and O–H groups in total. The first-order valence-corrected chi connectivity index (χ1v) is 9.99. The number of nitrogens with zero attached hydrogens (tertiary/aromatic N) is 3. The number of amides is 1. The number of thioether (sulfide) groups is 1. The molecule has 4 rings (SSSR count). The van der Waals surface area contributed by atoms with Crippen LogP contribution >= 0.6 is 11.8 Å². The minimum Gasteiger partial charge on any atom is -0.318 e. The second-order valence-electron chi connectivity index (χ2n) is 7.27. The highest BCUT2D eigenvalue weighted by atomic mass is 32.2. The predicted octanol–water partition coefficient (Wildman–Crippen LogP) is 4.88. The van der Waals surface area contributed by atoms with Gasteiger partial charge in [0.1, 0.15) is 5.84 Å². The Kier molecular flexibility index (Phi) is 4.38. The van der Waals surface area contributed by atoms with Crippen LogP contribution in [-0.2, 0) is 4.79 Å². The van der Waals surface area contributed by atoms with E-state index >= 15 is 0 Å². The zero-order chi connectivity index (χ0) is 20.2. The van der Waals surface area contributed by atoms with Gasteiger partial charge in [-0.05, 0) is 69.4 Å². The maximum atomic E-state index is 12.6. The molecule has 0 aliphatic carbocycles. The average molecular weight is 391 g/mol. The summed E-state index contributed by atoms with van der Waals surface area (Å²) in [5, 5.41) is 11.0. The van der Waals surface area contributed by atoms with Crippen molar-refractivity contribution in [1.82, 2.24) is 9.47 Å². The van der Waals surface area contributed by atoms with Crippen LogP contribution < -0.4 is 0 Å². The Morgan fingerprint density at radius 2 is 1.86 bits per heavy atom. The summed E-state index contributed by atoms with van der Waals surface area (Å²) < 4.78 is 2.20. The van der Waals surface area contributed by atoms with Gasteiger partial charge in [0.2, 0.25) is 0 Å². The van der Waals surface area contributed by atoms with Crippen LogP contribution in [0.25, 0.3) is 11.8 Å². The molecule has 5 nitrogen and oxygen atoms in total. The predicted molar refractivity (Wildman–Crippen MR) is 116 cm³/mol. The Bertz CT molecular complexity index is 1130. The number of nitrogens with one attached hydrogen (secondary N) is 1. The number of aromatic nitrogens is 1. The molecule has 1 aromatic heterocycles. The monoisotopic (exact) mass is 390 g/mol. The maximum Gasteiger partial charge on any atom is 0.283 e. The van der Waals surface area contributed by atoms with Gasteiger partial charge in [-0.25, -0.2) is 0 Å². The van der Waals surface area contributed by atoms with Crippen molar-refractivity contribution in [2.45, 2.75) is 34.6 Å². The molecule has 1 aromatic carbocycles. The van der Waals surface area contributed by atoms with Crippen LogP contribution in [0.15, 0.2) is 45.9 Å². The van der Waals surface area contributed by atoms with Crippen LogP contribution in [0.2, 0.25) is 0 Å². The molecular weight excluding hydrogens is 368 g/mol. The molecule has 6 heteroatoms. The summed E-state index contributed by atoms with van der Waals surface area (Å²) in [6, 6.07) is 8.46. The van der Waals surface area contributed by atoms with Crippen molar-refractivity contribution in [3.8, 4) is 5.69 Å². The fourth-order valence-electron chi connectivity index (χ4n) is 3.76. The molecule has 28 heavy (non-hydrogen) atoms. The van der Waals surface area contributed by atoms with Crippen molar-refractivity contribution in [3.05, 3.63) is 69.0 Å². The Morgan fingerprint density at radius 1 is 1.11 bits per heavy atom. The van der Waals surface area contributed by atoms with E-state index in [0.717, 1.165) is 28.3 Å². The van der Waals surface area contributed by atoms with Gasteiger partial charge < -0.3 is 4.57 Å². The largest absolute Gasteiger partial charge is 0.318 e. The minimum atomic E-state index is -0.358. The molecule has 142 valence electrons. The van der Waals surface area contributed by atoms with Gasteiger partial charge in [0, 0.05) is 22.8 Å². The number of carbonyl (C=O) groups excluding carboxylic acids is 1. The number of fused-ring (bicyclic) bond motifs is 1. The van der Waals surface area contributed by atoms with E-state index in [1.165, 1.54) is 22.9 Å². The first kappa shape index (κ1) is 18.5. The molecule has 0 saturated carbocycles. The highest BCUT2D eigenvalue weighted by Crippen LogP contribution is 2.33. The van der Waals surface area contributed by atoms with Gasteiger partial charge in [-0.1, -0.05) is 29.5 Å². The second-order valence-corrected chi connectivity index (χ2v) is 8.11. The molecule has 2 aliphatic rings. The zero-order valence-corrected chi connectivity index (χ0v) is 17.4. The molecule has 0 radical (unpaired) electrons. The summed E-state index contributed by atoms with van der Waals surface area (Å²) >= 11 is 1.38. The number of amidine groups is 2. The molecule has 0 saturated heterocycles. The Morgan fingerprint density at radius 3 is 2.57 bits per heavy atom. The summed E-state index contributed by atoms with van der Waals surface area (Å²) in [6.45, 7) is 10.2. The van der Waals surface area contributed by atoms with Crippen molar-refractivity contribution in [1.29, 1.82) is 5.41 Å². The van der Waals surface area contributed by atoms with Crippen LogP contribution in [0.1, 0.15) is 35.0 Å². The number of benzene rings is 1. The molecule has 0 bridgehead atoms. The lowest BCUT2D eigenvalue weighted by Crippen LogP contribution is -2.37. The van der Waals surface area contributed by atoms with E-state index in [4.69, 9.17) is 5.41 Å². The first-order chi connectivity index (χ1) is 13.3. The summed E-state index contributed by atoms with van der Waals surface area (Å²) in [4.78, 5) is 18.4. The van der Waals surface area contributed by atoms with Crippen LogP contribution in [0, 0.1) is 33.1 Å². The number of allylic oxidation sites excluding steroid dienone is 1. The van der Waals surface area contributed by atoms with Crippen LogP contribution in [-0.4, -0.2) is 26.4 Å². The highest BCUT2D eigenvalue weighted by Gasteiger charge is 2.34. The van der Waals surface area contributed by atoms with Crippen molar-refractivity contribution in [2.24, 2.45) is 4.99 Å². The van der Waals surface area contributed by atoms with Crippen molar-refractivity contribution in [2.75, 3.05) is 0 Å². The van der Waals surface area contributed by atoms with Crippen molar-refractivity contribution >= 4 is 34.7 Å². The van der Waals surface area contributed by atoms with Gasteiger partial charge >= 0.3 is 0 Å². The van der Waals surface area contributed by atoms with Crippen molar-refractivity contribution < 1.29 is 4.79 Å². The average Bonchev–Trinajstić information content (AvgIpc) is 3.12. The summed E-state index contributed by atoms with van der Waals surface area (Å²) in [7, 11) is 0. The standard InChI is InChI=1S/C22H22N4OS/c1-12-6-7-19(13(2)8-12)25-14(3)9-17(16(25)5)10-18-20(23)26-15(4)11-28-22(26)24-21(18)27/h6-11,23H,1-5H3. The minimum absolute atomic E-state index is 0.185. The Labute approximate surface area is 169 Å². The lowest BCUT2D eigenvalue weighted by Gasteiger charge is -2.25. The SMILES string of the molecule is CC1=CSC2=NC(=O)C(=Cc3cc(C)n(-c4ccc(C)cc4C)c3C)C(=N)N12. The van der Waals surface area contributed by atoms with Gasteiger partial charge in [-0.15, -0.1) is 0 Å². The van der Waals surface area contributed by atoms with Crippen LogP contribution in [0.5, 0.6) is 0 Å².